The maximum absolute atomic E-state index is 6.45. The highest BCUT2D eigenvalue weighted by Crippen LogP contribution is 2.49. The Morgan fingerprint density at radius 2 is 0.881 bits per heavy atom. The number of furan rings is 2. The third-order valence-corrected chi connectivity index (χ3v) is 8.95. The monoisotopic (exact) mass is 542 g/mol. The first-order valence-corrected chi connectivity index (χ1v) is 14.3. The molecule has 9 rings (SSSR count). The molecule has 0 amide bonds. The van der Waals surface area contributed by atoms with Crippen molar-refractivity contribution in [2.45, 2.75) is 19.3 Å². The van der Waals surface area contributed by atoms with Crippen LogP contribution in [-0.2, 0) is 5.41 Å². The molecule has 42 heavy (non-hydrogen) atoms. The van der Waals surface area contributed by atoms with Gasteiger partial charge in [0.05, 0.1) is 0 Å². The van der Waals surface area contributed by atoms with Gasteiger partial charge in [0.15, 0.2) is 0 Å². The average molecular weight is 543 g/mol. The second-order valence-electron chi connectivity index (χ2n) is 11.8. The number of benzene rings is 6. The first-order chi connectivity index (χ1) is 20.5. The van der Waals surface area contributed by atoms with E-state index >= 15 is 0 Å². The molecule has 1 aliphatic heterocycles. The van der Waals surface area contributed by atoms with Gasteiger partial charge in [-0.3, -0.25) is 0 Å². The van der Waals surface area contributed by atoms with Gasteiger partial charge in [0.25, 0.3) is 0 Å². The van der Waals surface area contributed by atoms with E-state index in [1.165, 1.54) is 11.1 Å². The Morgan fingerprint density at radius 3 is 1.55 bits per heavy atom. The van der Waals surface area contributed by atoms with Gasteiger partial charge >= 0.3 is 0 Å². The van der Waals surface area contributed by atoms with Crippen molar-refractivity contribution >= 4 is 43.9 Å². The summed E-state index contributed by atoms with van der Waals surface area (Å²) in [4.78, 5) is 0. The van der Waals surface area contributed by atoms with Gasteiger partial charge in [-0.1, -0.05) is 80.6 Å². The normalized spacial score (nSPS) is 13.9. The highest BCUT2D eigenvalue weighted by atomic mass is 16.5. The van der Waals surface area contributed by atoms with E-state index in [2.05, 4.69) is 111 Å². The molecule has 0 aliphatic carbocycles. The standard InChI is InChI=1S/C39H26O3/c1-39(2)31-8-4-6-10-34(31)41-38-22-26(14-18-32(38)39)25-13-17-30-29-16-12-24(20-36(29)42-37(30)21-25)23-11-15-28-27-7-3-5-9-33(27)40-35(28)19-23/h3-22H,1-2H3. The summed E-state index contributed by atoms with van der Waals surface area (Å²) >= 11 is 0. The second-order valence-corrected chi connectivity index (χ2v) is 11.8. The zero-order valence-electron chi connectivity index (χ0n) is 23.3. The fraction of sp³-hybridized carbons (Fsp3) is 0.0769. The van der Waals surface area contributed by atoms with Gasteiger partial charge in [-0.05, 0) is 76.9 Å². The third-order valence-electron chi connectivity index (χ3n) is 8.95. The summed E-state index contributed by atoms with van der Waals surface area (Å²) in [6.45, 7) is 4.52. The lowest BCUT2D eigenvalue weighted by Gasteiger charge is -2.34. The maximum atomic E-state index is 6.45. The lowest BCUT2D eigenvalue weighted by atomic mass is 9.75. The Bertz CT molecular complexity index is 2370. The van der Waals surface area contributed by atoms with Crippen molar-refractivity contribution in [2.75, 3.05) is 0 Å². The molecular weight excluding hydrogens is 516 g/mol. The SMILES string of the molecule is CC1(C)c2ccccc2Oc2cc(-c3ccc4c(c3)oc3cc(-c5ccc6c(c5)oc5ccccc56)ccc34)ccc21. The fourth-order valence-electron chi connectivity index (χ4n) is 6.68. The van der Waals surface area contributed by atoms with Crippen molar-refractivity contribution in [1.82, 2.24) is 0 Å². The van der Waals surface area contributed by atoms with Crippen molar-refractivity contribution in [3.05, 3.63) is 132 Å². The van der Waals surface area contributed by atoms with Crippen molar-refractivity contribution < 1.29 is 13.6 Å². The molecule has 0 bridgehead atoms. The summed E-state index contributed by atoms with van der Waals surface area (Å²) in [5.41, 5.74) is 10.2. The Kier molecular flexibility index (Phi) is 4.67. The summed E-state index contributed by atoms with van der Waals surface area (Å²) in [6.07, 6.45) is 0. The number of rotatable bonds is 2. The molecular formula is C39H26O3. The minimum absolute atomic E-state index is 0.127. The van der Waals surface area contributed by atoms with Crippen molar-refractivity contribution in [3.8, 4) is 33.8 Å². The molecule has 1 aliphatic rings. The highest BCUT2D eigenvalue weighted by molar-refractivity contribution is 6.08. The Balaban J connectivity index is 1.10. The molecule has 0 fully saturated rings. The Hall–Kier alpha value is -5.28. The number of hydrogen-bond acceptors (Lipinski definition) is 3. The van der Waals surface area contributed by atoms with Gasteiger partial charge in [0.1, 0.15) is 33.8 Å². The molecule has 0 radical (unpaired) electrons. The number of hydrogen-bond donors (Lipinski definition) is 0. The van der Waals surface area contributed by atoms with E-state index in [-0.39, 0.29) is 5.41 Å². The van der Waals surface area contributed by atoms with E-state index in [1.807, 2.05) is 24.3 Å². The number of fused-ring (bicyclic) bond motifs is 8. The molecule has 3 heteroatoms. The summed E-state index contributed by atoms with van der Waals surface area (Å²) in [6, 6.07) is 42.4. The highest BCUT2D eigenvalue weighted by Gasteiger charge is 2.34. The van der Waals surface area contributed by atoms with Gasteiger partial charge in [-0.25, -0.2) is 0 Å². The minimum Gasteiger partial charge on any atom is -0.457 e. The molecule has 8 aromatic rings. The first-order valence-electron chi connectivity index (χ1n) is 14.3. The molecule has 0 saturated heterocycles. The van der Waals surface area contributed by atoms with Crippen molar-refractivity contribution in [1.29, 1.82) is 0 Å². The van der Waals surface area contributed by atoms with Crippen LogP contribution in [0, 0.1) is 0 Å². The van der Waals surface area contributed by atoms with Crippen LogP contribution in [0.25, 0.3) is 66.1 Å². The van der Waals surface area contributed by atoms with E-state index in [0.29, 0.717) is 0 Å². The van der Waals surface area contributed by atoms with Crippen LogP contribution < -0.4 is 4.74 Å². The predicted octanol–water partition coefficient (Wildman–Crippen LogP) is 11.3. The maximum Gasteiger partial charge on any atom is 0.136 e. The van der Waals surface area contributed by atoms with Crippen LogP contribution in [0.2, 0.25) is 0 Å². The third kappa shape index (κ3) is 3.34. The largest absolute Gasteiger partial charge is 0.457 e. The molecule has 3 heterocycles. The summed E-state index contributed by atoms with van der Waals surface area (Å²) in [5, 5.41) is 4.49. The van der Waals surface area contributed by atoms with Gasteiger partial charge in [-0.15, -0.1) is 0 Å². The molecule has 0 N–H and O–H groups in total. The van der Waals surface area contributed by atoms with Crippen LogP contribution in [0.5, 0.6) is 11.5 Å². The molecule has 200 valence electrons. The van der Waals surface area contributed by atoms with E-state index in [1.54, 1.807) is 0 Å². The van der Waals surface area contributed by atoms with Crippen molar-refractivity contribution in [2.24, 2.45) is 0 Å². The molecule has 0 unspecified atom stereocenters. The van der Waals surface area contributed by atoms with E-state index in [4.69, 9.17) is 13.6 Å². The number of ether oxygens (including phenoxy) is 1. The first kappa shape index (κ1) is 23.4. The topological polar surface area (TPSA) is 35.5 Å². The smallest absolute Gasteiger partial charge is 0.136 e. The van der Waals surface area contributed by atoms with Crippen LogP contribution in [-0.4, -0.2) is 0 Å². The van der Waals surface area contributed by atoms with Crippen LogP contribution in [0.15, 0.2) is 130 Å². The molecule has 2 aromatic heterocycles. The van der Waals surface area contributed by atoms with E-state index < -0.39 is 0 Å². The number of para-hydroxylation sites is 2. The Labute approximate surface area is 242 Å². The van der Waals surface area contributed by atoms with Crippen LogP contribution in [0.3, 0.4) is 0 Å². The summed E-state index contributed by atoms with van der Waals surface area (Å²) < 4.78 is 19.0. The minimum atomic E-state index is -0.127. The molecule has 0 atom stereocenters. The molecule has 0 saturated carbocycles. The fourth-order valence-corrected chi connectivity index (χ4v) is 6.68. The lowest BCUT2D eigenvalue weighted by molar-refractivity contribution is 0.418. The van der Waals surface area contributed by atoms with Crippen molar-refractivity contribution in [3.63, 3.8) is 0 Å². The van der Waals surface area contributed by atoms with Crippen LogP contribution in [0.1, 0.15) is 25.0 Å². The second kappa shape index (κ2) is 8.37. The summed E-state index contributed by atoms with van der Waals surface area (Å²) in [7, 11) is 0. The van der Waals surface area contributed by atoms with Gasteiger partial charge in [0.2, 0.25) is 0 Å². The average Bonchev–Trinajstić information content (AvgIpc) is 3.57. The molecule has 3 nitrogen and oxygen atoms in total. The van der Waals surface area contributed by atoms with E-state index in [0.717, 1.165) is 77.6 Å². The van der Waals surface area contributed by atoms with E-state index in [9.17, 15) is 0 Å². The molecule has 6 aromatic carbocycles. The zero-order valence-corrected chi connectivity index (χ0v) is 23.3. The summed E-state index contributed by atoms with van der Waals surface area (Å²) in [5.74, 6) is 1.84. The Morgan fingerprint density at radius 1 is 0.405 bits per heavy atom. The van der Waals surface area contributed by atoms with Crippen LogP contribution >= 0.6 is 0 Å². The van der Waals surface area contributed by atoms with Gasteiger partial charge in [0, 0.05) is 38.1 Å². The van der Waals surface area contributed by atoms with Gasteiger partial charge in [-0.2, -0.15) is 0 Å². The van der Waals surface area contributed by atoms with Gasteiger partial charge < -0.3 is 13.6 Å². The molecule has 0 spiro atoms. The predicted molar refractivity (Wildman–Crippen MR) is 171 cm³/mol. The van der Waals surface area contributed by atoms with Crippen LogP contribution in [0.4, 0.5) is 0 Å². The quantitative estimate of drug-likeness (QED) is 0.218. The lowest BCUT2D eigenvalue weighted by Crippen LogP contribution is -2.24. The zero-order chi connectivity index (χ0) is 28.0.